The van der Waals surface area contributed by atoms with Crippen LogP contribution in [0.25, 0.3) is 15.9 Å². The lowest BCUT2D eigenvalue weighted by Crippen LogP contribution is -2.23. The number of benzene rings is 2. The monoisotopic (exact) mass is 461 g/mol. The molecular formula is C25H23N3O2S2. The van der Waals surface area contributed by atoms with Crippen molar-refractivity contribution in [2.45, 2.75) is 38.3 Å². The highest BCUT2D eigenvalue weighted by Crippen LogP contribution is 2.36. The Bertz CT molecular complexity index is 1390. The van der Waals surface area contributed by atoms with Gasteiger partial charge >= 0.3 is 0 Å². The molecule has 2 heterocycles. The number of carbonyl (C=O) groups is 1. The van der Waals surface area contributed by atoms with E-state index in [4.69, 9.17) is 4.98 Å². The average molecular weight is 462 g/mol. The van der Waals surface area contributed by atoms with Gasteiger partial charge in [0.15, 0.2) is 5.16 Å². The van der Waals surface area contributed by atoms with Crippen LogP contribution in [-0.4, -0.2) is 21.2 Å². The number of nitrogens with one attached hydrogen (secondary N) is 1. The Balaban J connectivity index is 1.50. The average Bonchev–Trinajstić information content (AvgIpc) is 3.36. The summed E-state index contributed by atoms with van der Waals surface area (Å²) in [4.78, 5) is 33.2. The molecule has 0 saturated heterocycles. The van der Waals surface area contributed by atoms with Crippen molar-refractivity contribution in [1.29, 1.82) is 0 Å². The Hall–Kier alpha value is -2.90. The molecule has 1 N–H and O–H groups in total. The molecule has 0 atom stereocenters. The number of anilines is 1. The lowest BCUT2D eigenvalue weighted by Gasteiger charge is -2.13. The summed E-state index contributed by atoms with van der Waals surface area (Å²) in [6.45, 7) is 3.97. The van der Waals surface area contributed by atoms with Gasteiger partial charge in [-0.1, -0.05) is 42.1 Å². The van der Waals surface area contributed by atoms with Crippen LogP contribution in [-0.2, 0) is 17.6 Å². The van der Waals surface area contributed by atoms with E-state index >= 15 is 0 Å². The molecule has 0 radical (unpaired) electrons. The number of aryl methyl sites for hydroxylation is 4. The first-order chi connectivity index (χ1) is 15.5. The molecule has 0 aliphatic heterocycles. The maximum atomic E-state index is 13.6. The van der Waals surface area contributed by atoms with Gasteiger partial charge < -0.3 is 5.32 Å². The van der Waals surface area contributed by atoms with Crippen LogP contribution in [0.2, 0.25) is 0 Å². The van der Waals surface area contributed by atoms with Gasteiger partial charge in [0.2, 0.25) is 5.91 Å². The summed E-state index contributed by atoms with van der Waals surface area (Å²) < 4.78 is 1.66. The number of hydrogen-bond donors (Lipinski definition) is 1. The van der Waals surface area contributed by atoms with Crippen molar-refractivity contribution in [2.24, 2.45) is 0 Å². The fourth-order valence-corrected chi connectivity index (χ4v) is 6.23. The predicted molar refractivity (Wildman–Crippen MR) is 133 cm³/mol. The van der Waals surface area contributed by atoms with E-state index in [0.717, 1.165) is 57.5 Å². The first-order valence-electron chi connectivity index (χ1n) is 10.6. The maximum Gasteiger partial charge on any atom is 0.267 e. The Kier molecular flexibility index (Phi) is 5.61. The molecular weight excluding hydrogens is 438 g/mol. The smallest absolute Gasteiger partial charge is 0.267 e. The number of para-hydroxylation sites is 1. The number of carbonyl (C=O) groups excluding carboxylic acids is 1. The Morgan fingerprint density at radius 3 is 2.78 bits per heavy atom. The van der Waals surface area contributed by atoms with Crippen LogP contribution in [0.3, 0.4) is 0 Å². The lowest BCUT2D eigenvalue weighted by atomic mass is 10.1. The van der Waals surface area contributed by atoms with E-state index in [1.165, 1.54) is 16.6 Å². The molecule has 0 unspecified atom stereocenters. The van der Waals surface area contributed by atoms with E-state index in [1.807, 2.05) is 62.4 Å². The number of fused-ring (bicyclic) bond motifs is 3. The SMILES string of the molecule is Cc1ccc(C)c(NC(=O)CSc2nc3sc4c(c3c(=O)n2-c2ccccc2)CCC4)c1. The molecule has 0 bridgehead atoms. The van der Waals surface area contributed by atoms with Crippen LogP contribution in [0, 0.1) is 13.8 Å². The first-order valence-corrected chi connectivity index (χ1v) is 12.4. The minimum atomic E-state index is -0.119. The van der Waals surface area contributed by atoms with Gasteiger partial charge in [-0.25, -0.2) is 4.98 Å². The largest absolute Gasteiger partial charge is 0.325 e. The molecule has 0 saturated carbocycles. The van der Waals surface area contributed by atoms with Crippen LogP contribution < -0.4 is 10.9 Å². The highest BCUT2D eigenvalue weighted by atomic mass is 32.2. The standard InChI is InChI=1S/C25H23N3O2S2/c1-15-11-12-16(2)19(13-15)26-21(29)14-31-25-27-23-22(18-9-6-10-20(18)32-23)24(30)28(25)17-7-4-3-5-8-17/h3-5,7-8,11-13H,6,9-10,14H2,1-2H3,(H,26,29). The van der Waals surface area contributed by atoms with Crippen LogP contribution in [0.1, 0.15) is 28.0 Å². The van der Waals surface area contributed by atoms with E-state index in [2.05, 4.69) is 5.32 Å². The van der Waals surface area contributed by atoms with Crippen molar-refractivity contribution in [3.05, 3.63) is 80.5 Å². The first kappa shape index (κ1) is 21.0. The molecule has 7 heteroatoms. The number of rotatable bonds is 5. The van der Waals surface area contributed by atoms with E-state index < -0.39 is 0 Å². The molecule has 2 aromatic carbocycles. The van der Waals surface area contributed by atoms with Crippen LogP contribution in [0.4, 0.5) is 5.69 Å². The Labute approximate surface area is 194 Å². The van der Waals surface area contributed by atoms with E-state index in [0.29, 0.717) is 5.16 Å². The third-order valence-electron chi connectivity index (χ3n) is 5.72. The second kappa shape index (κ2) is 8.56. The lowest BCUT2D eigenvalue weighted by molar-refractivity contribution is -0.113. The van der Waals surface area contributed by atoms with Gasteiger partial charge in [-0.15, -0.1) is 11.3 Å². The molecule has 1 aliphatic rings. The zero-order valence-electron chi connectivity index (χ0n) is 18.0. The van der Waals surface area contributed by atoms with Gasteiger partial charge in [0.1, 0.15) is 4.83 Å². The quantitative estimate of drug-likeness (QED) is 0.324. The van der Waals surface area contributed by atoms with Crippen molar-refractivity contribution >= 4 is 44.9 Å². The van der Waals surface area contributed by atoms with Gasteiger partial charge in [-0.2, -0.15) is 0 Å². The number of aromatic nitrogens is 2. The van der Waals surface area contributed by atoms with Gasteiger partial charge in [0.25, 0.3) is 5.56 Å². The minimum Gasteiger partial charge on any atom is -0.325 e. The summed E-state index contributed by atoms with van der Waals surface area (Å²) in [5, 5.41) is 4.28. The molecule has 32 heavy (non-hydrogen) atoms. The number of amides is 1. The Morgan fingerprint density at radius 1 is 1.16 bits per heavy atom. The maximum absolute atomic E-state index is 13.6. The third kappa shape index (κ3) is 3.87. The summed E-state index contributed by atoms with van der Waals surface area (Å²) >= 11 is 2.92. The van der Waals surface area contributed by atoms with E-state index in [9.17, 15) is 9.59 Å². The third-order valence-corrected chi connectivity index (χ3v) is 7.85. The molecule has 162 valence electrons. The van der Waals surface area contributed by atoms with Crippen molar-refractivity contribution in [3.8, 4) is 5.69 Å². The highest BCUT2D eigenvalue weighted by Gasteiger charge is 2.24. The van der Waals surface area contributed by atoms with Crippen molar-refractivity contribution < 1.29 is 4.79 Å². The summed E-state index contributed by atoms with van der Waals surface area (Å²) in [5.74, 6) is 0.0508. The van der Waals surface area contributed by atoms with Crippen LogP contribution in [0.15, 0.2) is 58.5 Å². The number of hydrogen-bond acceptors (Lipinski definition) is 5. The molecule has 1 amide bonds. The minimum absolute atomic E-state index is 0.0435. The molecule has 0 spiro atoms. The molecule has 1 aliphatic carbocycles. The number of thiophene rings is 1. The van der Waals surface area contributed by atoms with E-state index in [1.54, 1.807) is 15.9 Å². The number of thioether (sulfide) groups is 1. The van der Waals surface area contributed by atoms with Gasteiger partial charge in [-0.05, 0) is 68.0 Å². The fraction of sp³-hybridized carbons (Fsp3) is 0.240. The molecule has 5 rings (SSSR count). The summed E-state index contributed by atoms with van der Waals surface area (Å²) in [6, 6.07) is 15.5. The number of nitrogens with zero attached hydrogens (tertiary/aromatic N) is 2. The molecule has 5 nitrogen and oxygen atoms in total. The highest BCUT2D eigenvalue weighted by molar-refractivity contribution is 7.99. The van der Waals surface area contributed by atoms with Gasteiger partial charge in [-0.3, -0.25) is 14.2 Å². The zero-order valence-corrected chi connectivity index (χ0v) is 19.6. The van der Waals surface area contributed by atoms with Gasteiger partial charge in [0.05, 0.1) is 16.8 Å². The van der Waals surface area contributed by atoms with Gasteiger partial charge in [0, 0.05) is 10.6 Å². The fourth-order valence-electron chi connectivity index (χ4n) is 4.11. The zero-order chi connectivity index (χ0) is 22.2. The van der Waals surface area contributed by atoms with Crippen LogP contribution in [0.5, 0.6) is 0 Å². The second-order valence-corrected chi connectivity index (χ2v) is 10.1. The topological polar surface area (TPSA) is 64.0 Å². The summed E-state index contributed by atoms with van der Waals surface area (Å²) in [6.07, 6.45) is 3.05. The van der Waals surface area contributed by atoms with Crippen LogP contribution >= 0.6 is 23.1 Å². The van der Waals surface area contributed by atoms with Crippen molar-refractivity contribution in [3.63, 3.8) is 0 Å². The van der Waals surface area contributed by atoms with Crippen molar-refractivity contribution in [2.75, 3.05) is 11.1 Å². The summed E-state index contributed by atoms with van der Waals surface area (Å²) in [7, 11) is 0. The molecule has 4 aromatic rings. The molecule has 2 aromatic heterocycles. The second-order valence-electron chi connectivity index (χ2n) is 8.06. The normalized spacial score (nSPS) is 12.8. The van der Waals surface area contributed by atoms with Crippen molar-refractivity contribution in [1.82, 2.24) is 9.55 Å². The van der Waals surface area contributed by atoms with E-state index in [-0.39, 0.29) is 17.2 Å². The predicted octanol–water partition coefficient (Wildman–Crippen LogP) is 5.28. The summed E-state index contributed by atoms with van der Waals surface area (Å²) in [5.41, 5.74) is 4.81. The Morgan fingerprint density at radius 2 is 1.97 bits per heavy atom. The molecule has 0 fully saturated rings.